The Balaban J connectivity index is 1.96. The van der Waals surface area contributed by atoms with Crippen molar-refractivity contribution in [2.45, 2.75) is 13.0 Å². The summed E-state index contributed by atoms with van der Waals surface area (Å²) >= 11 is 0. The fraction of sp³-hybridized carbons (Fsp3) is 0.125. The van der Waals surface area contributed by atoms with Crippen molar-refractivity contribution in [3.8, 4) is 5.75 Å². The number of hydrogen-bond donors (Lipinski definition) is 2. The lowest BCUT2D eigenvalue weighted by molar-refractivity contribution is -0.384. The van der Waals surface area contributed by atoms with E-state index in [1.54, 1.807) is 19.1 Å². The van der Waals surface area contributed by atoms with Crippen LogP contribution in [-0.4, -0.2) is 22.8 Å². The number of nitro groups is 1. The standard InChI is InChI=1S/C16H15N3O5/c1-10(24-14-8-6-13(7-9-14)19(22)23)16(21)18-12-4-2-11(3-5-12)15(17)20/h2-10H,1H3,(H2,17,20)(H,18,21). The number of carbonyl (C=O) groups is 2. The van der Waals surface area contributed by atoms with Gasteiger partial charge in [-0.25, -0.2) is 0 Å². The van der Waals surface area contributed by atoms with Crippen LogP contribution in [0.15, 0.2) is 48.5 Å². The number of anilines is 1. The normalized spacial score (nSPS) is 11.4. The quantitative estimate of drug-likeness (QED) is 0.620. The van der Waals surface area contributed by atoms with Crippen molar-refractivity contribution in [1.82, 2.24) is 0 Å². The Kier molecular flexibility index (Phi) is 5.10. The molecule has 0 aliphatic rings. The molecular weight excluding hydrogens is 314 g/mol. The number of primary amides is 1. The summed E-state index contributed by atoms with van der Waals surface area (Å²) in [5.74, 6) is -0.616. The third kappa shape index (κ3) is 4.29. The Bertz CT molecular complexity index is 756. The van der Waals surface area contributed by atoms with E-state index in [1.165, 1.54) is 36.4 Å². The maximum absolute atomic E-state index is 12.1. The Labute approximate surface area is 137 Å². The molecule has 2 aromatic carbocycles. The molecule has 1 unspecified atom stereocenters. The third-order valence-electron chi connectivity index (χ3n) is 3.17. The maximum atomic E-state index is 12.1. The average molecular weight is 329 g/mol. The highest BCUT2D eigenvalue weighted by molar-refractivity contribution is 5.96. The average Bonchev–Trinajstić information content (AvgIpc) is 2.55. The lowest BCUT2D eigenvalue weighted by Crippen LogP contribution is -2.30. The van der Waals surface area contributed by atoms with Gasteiger partial charge < -0.3 is 15.8 Å². The molecule has 2 rings (SSSR count). The second-order valence-electron chi connectivity index (χ2n) is 4.94. The van der Waals surface area contributed by atoms with E-state index in [-0.39, 0.29) is 5.69 Å². The summed E-state index contributed by atoms with van der Waals surface area (Å²) < 4.78 is 5.44. The molecule has 0 aliphatic carbocycles. The molecule has 0 fully saturated rings. The Morgan fingerprint density at radius 2 is 1.71 bits per heavy atom. The molecule has 3 N–H and O–H groups in total. The Morgan fingerprint density at radius 3 is 2.21 bits per heavy atom. The molecule has 0 aliphatic heterocycles. The molecule has 8 nitrogen and oxygen atoms in total. The fourth-order valence-corrected chi connectivity index (χ4v) is 1.87. The first-order valence-corrected chi connectivity index (χ1v) is 6.98. The molecule has 124 valence electrons. The number of hydrogen-bond acceptors (Lipinski definition) is 5. The van der Waals surface area contributed by atoms with Crippen LogP contribution < -0.4 is 15.8 Å². The van der Waals surface area contributed by atoms with Crippen LogP contribution in [0.3, 0.4) is 0 Å². The molecule has 0 bridgehead atoms. The number of non-ortho nitro benzene ring substituents is 1. The number of nitrogens with one attached hydrogen (secondary N) is 1. The van der Waals surface area contributed by atoms with Gasteiger partial charge in [-0.1, -0.05) is 0 Å². The van der Waals surface area contributed by atoms with E-state index in [0.29, 0.717) is 17.0 Å². The van der Waals surface area contributed by atoms with Gasteiger partial charge in [-0.05, 0) is 43.3 Å². The smallest absolute Gasteiger partial charge is 0.269 e. The Hall–Kier alpha value is -3.42. The van der Waals surface area contributed by atoms with E-state index in [4.69, 9.17) is 10.5 Å². The molecule has 8 heteroatoms. The van der Waals surface area contributed by atoms with Gasteiger partial charge in [0.15, 0.2) is 6.10 Å². The molecular formula is C16H15N3O5. The van der Waals surface area contributed by atoms with Crippen LogP contribution in [0.1, 0.15) is 17.3 Å². The third-order valence-corrected chi connectivity index (χ3v) is 3.17. The second-order valence-corrected chi connectivity index (χ2v) is 4.94. The van der Waals surface area contributed by atoms with Crippen molar-refractivity contribution in [2.24, 2.45) is 5.73 Å². The van der Waals surface area contributed by atoms with E-state index in [9.17, 15) is 19.7 Å². The minimum atomic E-state index is -0.817. The highest BCUT2D eigenvalue weighted by atomic mass is 16.6. The van der Waals surface area contributed by atoms with Crippen LogP contribution in [0.4, 0.5) is 11.4 Å². The molecule has 2 amide bonds. The zero-order chi connectivity index (χ0) is 17.7. The molecule has 0 heterocycles. The van der Waals surface area contributed by atoms with Crippen molar-refractivity contribution in [3.63, 3.8) is 0 Å². The predicted octanol–water partition coefficient (Wildman–Crippen LogP) is 2.10. The Morgan fingerprint density at radius 1 is 1.12 bits per heavy atom. The van der Waals surface area contributed by atoms with Gasteiger partial charge in [-0.15, -0.1) is 0 Å². The molecule has 0 radical (unpaired) electrons. The van der Waals surface area contributed by atoms with Crippen LogP contribution in [0, 0.1) is 10.1 Å². The monoisotopic (exact) mass is 329 g/mol. The molecule has 24 heavy (non-hydrogen) atoms. The number of rotatable bonds is 6. The van der Waals surface area contributed by atoms with Gasteiger partial charge in [0.05, 0.1) is 4.92 Å². The zero-order valence-corrected chi connectivity index (χ0v) is 12.8. The summed E-state index contributed by atoms with van der Waals surface area (Å²) in [6.45, 7) is 1.55. The molecule has 0 spiro atoms. The second kappa shape index (κ2) is 7.23. The SMILES string of the molecule is CC(Oc1ccc([N+](=O)[O-])cc1)C(=O)Nc1ccc(C(N)=O)cc1. The highest BCUT2D eigenvalue weighted by Crippen LogP contribution is 2.19. The lowest BCUT2D eigenvalue weighted by atomic mass is 10.2. The minimum absolute atomic E-state index is 0.0611. The van der Waals surface area contributed by atoms with E-state index < -0.39 is 22.8 Å². The van der Waals surface area contributed by atoms with Crippen LogP contribution in [-0.2, 0) is 4.79 Å². The summed E-state index contributed by atoms with van der Waals surface area (Å²) in [4.78, 5) is 33.1. The number of amides is 2. The maximum Gasteiger partial charge on any atom is 0.269 e. The first-order valence-electron chi connectivity index (χ1n) is 6.98. The van der Waals surface area contributed by atoms with Crippen molar-refractivity contribution >= 4 is 23.2 Å². The topological polar surface area (TPSA) is 125 Å². The fourth-order valence-electron chi connectivity index (χ4n) is 1.87. The highest BCUT2D eigenvalue weighted by Gasteiger charge is 2.15. The summed E-state index contributed by atoms with van der Waals surface area (Å²) in [6.07, 6.45) is -0.817. The van der Waals surface area contributed by atoms with Crippen molar-refractivity contribution < 1.29 is 19.2 Å². The van der Waals surface area contributed by atoms with Gasteiger partial charge in [0.1, 0.15) is 5.75 Å². The summed E-state index contributed by atoms with van der Waals surface area (Å²) in [7, 11) is 0. The van der Waals surface area contributed by atoms with Gasteiger partial charge in [0.25, 0.3) is 11.6 Å². The number of carbonyl (C=O) groups excluding carboxylic acids is 2. The van der Waals surface area contributed by atoms with E-state index in [0.717, 1.165) is 0 Å². The number of nitrogens with two attached hydrogens (primary N) is 1. The van der Waals surface area contributed by atoms with E-state index >= 15 is 0 Å². The molecule has 2 aromatic rings. The number of nitrogens with zero attached hydrogens (tertiary/aromatic N) is 1. The van der Waals surface area contributed by atoms with Crippen molar-refractivity contribution in [2.75, 3.05) is 5.32 Å². The molecule has 0 saturated carbocycles. The van der Waals surface area contributed by atoms with Crippen LogP contribution in [0.25, 0.3) is 0 Å². The largest absolute Gasteiger partial charge is 0.481 e. The van der Waals surface area contributed by atoms with Gasteiger partial charge in [0, 0.05) is 23.4 Å². The van der Waals surface area contributed by atoms with Gasteiger partial charge in [0.2, 0.25) is 5.91 Å². The van der Waals surface area contributed by atoms with Gasteiger partial charge in [-0.2, -0.15) is 0 Å². The van der Waals surface area contributed by atoms with Crippen LogP contribution >= 0.6 is 0 Å². The first-order chi connectivity index (χ1) is 11.4. The van der Waals surface area contributed by atoms with Gasteiger partial charge >= 0.3 is 0 Å². The summed E-state index contributed by atoms with van der Waals surface area (Å²) in [5, 5.41) is 13.2. The number of benzene rings is 2. The zero-order valence-electron chi connectivity index (χ0n) is 12.8. The first kappa shape index (κ1) is 16.9. The summed E-state index contributed by atoms with van der Waals surface area (Å²) in [6, 6.07) is 11.5. The van der Waals surface area contributed by atoms with Crippen LogP contribution in [0.2, 0.25) is 0 Å². The van der Waals surface area contributed by atoms with Crippen molar-refractivity contribution in [3.05, 3.63) is 64.2 Å². The van der Waals surface area contributed by atoms with Gasteiger partial charge in [-0.3, -0.25) is 19.7 Å². The lowest BCUT2D eigenvalue weighted by Gasteiger charge is -2.14. The van der Waals surface area contributed by atoms with E-state index in [2.05, 4.69) is 5.32 Å². The van der Waals surface area contributed by atoms with E-state index in [1.807, 2.05) is 0 Å². The molecule has 0 saturated heterocycles. The van der Waals surface area contributed by atoms with Crippen molar-refractivity contribution in [1.29, 1.82) is 0 Å². The van der Waals surface area contributed by atoms with Crippen LogP contribution in [0.5, 0.6) is 5.75 Å². The number of ether oxygens (including phenoxy) is 1. The predicted molar refractivity (Wildman–Crippen MR) is 86.8 cm³/mol. The molecule has 1 atom stereocenters. The molecule has 0 aromatic heterocycles. The minimum Gasteiger partial charge on any atom is -0.481 e. The number of nitro benzene ring substituents is 1. The summed E-state index contributed by atoms with van der Waals surface area (Å²) in [5.41, 5.74) is 5.91.